The fraction of sp³-hybridized carbons (Fsp3) is 0.333. The first kappa shape index (κ1) is 30.4. The number of hydrogen-bond donors (Lipinski definition) is 2. The summed E-state index contributed by atoms with van der Waals surface area (Å²) in [5, 5.41) is 4.89. The van der Waals surface area contributed by atoms with E-state index in [0.717, 1.165) is 42.3 Å². The fourth-order valence-electron chi connectivity index (χ4n) is 3.75. The van der Waals surface area contributed by atoms with Gasteiger partial charge < -0.3 is 20.9 Å². The van der Waals surface area contributed by atoms with Crippen LogP contribution in [0.15, 0.2) is 60.7 Å². The lowest BCUT2D eigenvalue weighted by Gasteiger charge is -2.17. The number of nitrogens with one attached hydrogen (secondary N) is 1. The lowest BCUT2D eigenvalue weighted by atomic mass is 10.0. The van der Waals surface area contributed by atoms with Gasteiger partial charge in [0, 0.05) is 44.9 Å². The second kappa shape index (κ2) is 14.7. The van der Waals surface area contributed by atoms with Crippen molar-refractivity contribution in [2.45, 2.75) is 19.4 Å². The molecule has 0 radical (unpaired) electrons. The van der Waals surface area contributed by atoms with E-state index in [9.17, 15) is 9.59 Å². The Kier molecular flexibility index (Phi) is 12.8. The van der Waals surface area contributed by atoms with Gasteiger partial charge in [0.15, 0.2) is 0 Å². The first-order chi connectivity index (χ1) is 15.9. The SMILES string of the molecule is CN(CCCc1ccc(CN)cc1)CCNC(=O)c1ccc2cc(C(=O)N(C)C)ccc2c1.Cl.Cl. The summed E-state index contributed by atoms with van der Waals surface area (Å²) in [5.74, 6) is -0.119. The Balaban J connectivity index is 0.00000306. The predicted octanol–water partition coefficient (Wildman–Crippen LogP) is 4.14. The second-order valence-corrected chi connectivity index (χ2v) is 8.66. The summed E-state index contributed by atoms with van der Waals surface area (Å²) < 4.78 is 0. The Labute approximate surface area is 220 Å². The molecule has 3 aromatic carbocycles. The van der Waals surface area contributed by atoms with Crippen LogP contribution in [0.2, 0.25) is 0 Å². The van der Waals surface area contributed by atoms with Crippen LogP contribution in [0, 0.1) is 0 Å². The van der Waals surface area contributed by atoms with Crippen LogP contribution >= 0.6 is 24.8 Å². The maximum absolute atomic E-state index is 12.6. The van der Waals surface area contributed by atoms with Gasteiger partial charge in [-0.25, -0.2) is 0 Å². The second-order valence-electron chi connectivity index (χ2n) is 8.66. The molecule has 2 amide bonds. The van der Waals surface area contributed by atoms with Gasteiger partial charge in [0.05, 0.1) is 0 Å². The van der Waals surface area contributed by atoms with Crippen LogP contribution in [-0.2, 0) is 13.0 Å². The molecule has 0 aliphatic heterocycles. The summed E-state index contributed by atoms with van der Waals surface area (Å²) in [6.45, 7) is 2.93. The Hall–Kier alpha value is -2.64. The molecule has 0 fully saturated rings. The van der Waals surface area contributed by atoms with Gasteiger partial charge in [-0.3, -0.25) is 9.59 Å². The number of benzene rings is 3. The zero-order valence-corrected chi connectivity index (χ0v) is 22.3. The summed E-state index contributed by atoms with van der Waals surface area (Å²) in [7, 11) is 5.55. The van der Waals surface area contributed by atoms with Crippen LogP contribution in [0.4, 0.5) is 0 Å². The summed E-state index contributed by atoms with van der Waals surface area (Å²) >= 11 is 0. The highest BCUT2D eigenvalue weighted by atomic mass is 35.5. The third-order valence-electron chi connectivity index (χ3n) is 5.80. The number of amides is 2. The lowest BCUT2D eigenvalue weighted by Crippen LogP contribution is -2.33. The number of nitrogens with zero attached hydrogens (tertiary/aromatic N) is 2. The molecule has 0 aliphatic carbocycles. The minimum Gasteiger partial charge on any atom is -0.351 e. The van der Waals surface area contributed by atoms with Gasteiger partial charge in [-0.2, -0.15) is 0 Å². The van der Waals surface area contributed by atoms with E-state index in [1.807, 2.05) is 24.3 Å². The molecule has 0 saturated carbocycles. The summed E-state index contributed by atoms with van der Waals surface area (Å²) in [4.78, 5) is 28.5. The molecule has 0 spiro atoms. The Morgan fingerprint density at radius 2 is 1.37 bits per heavy atom. The van der Waals surface area contributed by atoms with Crippen LogP contribution in [0.5, 0.6) is 0 Å². The van der Waals surface area contributed by atoms with Gasteiger partial charge in [0.1, 0.15) is 0 Å². The third kappa shape index (κ3) is 8.82. The van der Waals surface area contributed by atoms with Gasteiger partial charge in [0.2, 0.25) is 0 Å². The fourth-order valence-corrected chi connectivity index (χ4v) is 3.75. The van der Waals surface area contributed by atoms with Crippen molar-refractivity contribution in [3.8, 4) is 0 Å². The van der Waals surface area contributed by atoms with E-state index in [-0.39, 0.29) is 36.6 Å². The quantitative estimate of drug-likeness (QED) is 0.422. The molecule has 3 N–H and O–H groups in total. The number of likely N-dealkylation sites (N-methyl/N-ethyl adjacent to an activating group) is 1. The minimum absolute atomic E-state index is 0. The molecule has 35 heavy (non-hydrogen) atoms. The Morgan fingerprint density at radius 3 is 1.97 bits per heavy atom. The molecule has 0 unspecified atom stereocenters. The molecule has 0 bridgehead atoms. The van der Waals surface area contributed by atoms with E-state index >= 15 is 0 Å². The minimum atomic E-state index is -0.0845. The first-order valence-electron chi connectivity index (χ1n) is 11.4. The molecule has 3 aromatic rings. The summed E-state index contributed by atoms with van der Waals surface area (Å²) in [5.41, 5.74) is 9.38. The number of rotatable bonds is 10. The number of carbonyl (C=O) groups excluding carboxylic acids is 2. The van der Waals surface area contributed by atoms with Crippen molar-refractivity contribution in [3.05, 3.63) is 82.9 Å². The largest absolute Gasteiger partial charge is 0.351 e. The number of fused-ring (bicyclic) bond motifs is 1. The van der Waals surface area contributed by atoms with Crippen molar-refractivity contribution in [2.24, 2.45) is 5.73 Å². The number of halogens is 2. The Bertz CT molecular complexity index is 1100. The summed E-state index contributed by atoms with van der Waals surface area (Å²) in [6, 6.07) is 19.6. The highest BCUT2D eigenvalue weighted by Crippen LogP contribution is 2.19. The van der Waals surface area contributed by atoms with Crippen LogP contribution < -0.4 is 11.1 Å². The molecule has 0 saturated heterocycles. The van der Waals surface area contributed by atoms with Crippen molar-refractivity contribution >= 4 is 47.4 Å². The van der Waals surface area contributed by atoms with Crippen LogP contribution in [0.1, 0.15) is 38.3 Å². The highest BCUT2D eigenvalue weighted by molar-refractivity contribution is 6.01. The van der Waals surface area contributed by atoms with Gasteiger partial charge in [0.25, 0.3) is 11.8 Å². The lowest BCUT2D eigenvalue weighted by molar-refractivity contribution is 0.0827. The monoisotopic (exact) mass is 518 g/mol. The highest BCUT2D eigenvalue weighted by Gasteiger charge is 2.10. The number of nitrogens with two attached hydrogens (primary N) is 1. The Morgan fingerprint density at radius 1 is 0.800 bits per heavy atom. The molecule has 0 aliphatic rings. The van der Waals surface area contributed by atoms with Crippen molar-refractivity contribution in [3.63, 3.8) is 0 Å². The molecule has 0 atom stereocenters. The van der Waals surface area contributed by atoms with Crippen LogP contribution in [-0.4, -0.2) is 62.4 Å². The van der Waals surface area contributed by atoms with Crippen LogP contribution in [0.3, 0.4) is 0 Å². The number of aryl methyl sites for hydroxylation is 1. The van der Waals surface area contributed by atoms with Crippen molar-refractivity contribution in [1.29, 1.82) is 0 Å². The maximum Gasteiger partial charge on any atom is 0.253 e. The normalized spacial score (nSPS) is 10.4. The molecule has 3 rings (SSSR count). The van der Waals surface area contributed by atoms with Gasteiger partial charge in [-0.1, -0.05) is 36.4 Å². The molecule has 0 heterocycles. The third-order valence-corrected chi connectivity index (χ3v) is 5.80. The molecular weight excluding hydrogens is 483 g/mol. The van der Waals surface area contributed by atoms with Crippen LogP contribution in [0.25, 0.3) is 10.8 Å². The first-order valence-corrected chi connectivity index (χ1v) is 11.4. The molecule has 190 valence electrons. The average molecular weight is 520 g/mol. The number of hydrogen-bond acceptors (Lipinski definition) is 4. The van der Waals surface area contributed by atoms with Crippen molar-refractivity contribution in [2.75, 3.05) is 40.8 Å². The molecule has 0 aromatic heterocycles. The maximum atomic E-state index is 12.6. The average Bonchev–Trinajstić information content (AvgIpc) is 2.83. The topological polar surface area (TPSA) is 78.7 Å². The van der Waals surface area contributed by atoms with Crippen molar-refractivity contribution < 1.29 is 9.59 Å². The van der Waals surface area contributed by atoms with E-state index in [2.05, 4.69) is 41.5 Å². The van der Waals surface area contributed by atoms with Gasteiger partial charge >= 0.3 is 0 Å². The summed E-state index contributed by atoms with van der Waals surface area (Å²) in [6.07, 6.45) is 2.09. The van der Waals surface area contributed by atoms with Crippen molar-refractivity contribution in [1.82, 2.24) is 15.1 Å². The smallest absolute Gasteiger partial charge is 0.253 e. The predicted molar refractivity (Wildman–Crippen MR) is 149 cm³/mol. The zero-order chi connectivity index (χ0) is 23.8. The molecular formula is C27H36Cl2N4O2. The van der Waals surface area contributed by atoms with E-state index < -0.39 is 0 Å². The molecule has 8 heteroatoms. The van der Waals surface area contributed by atoms with Gasteiger partial charge in [-0.05, 0) is 72.6 Å². The molecule has 6 nitrogen and oxygen atoms in total. The van der Waals surface area contributed by atoms with E-state index in [1.165, 1.54) is 5.56 Å². The van der Waals surface area contributed by atoms with E-state index in [4.69, 9.17) is 5.73 Å². The number of carbonyl (C=O) groups is 2. The standard InChI is InChI=1S/C27H34N4O2.2ClH/c1-30(2)27(33)25-13-11-22-17-24(12-10-23(22)18-25)26(32)29-14-16-31(3)15-4-5-20-6-8-21(19-28)9-7-20;;/h6-13,17-18H,4-5,14-16,19,28H2,1-3H3,(H,29,32);2*1H. The van der Waals surface area contributed by atoms with E-state index in [0.29, 0.717) is 24.2 Å². The van der Waals surface area contributed by atoms with Gasteiger partial charge in [-0.15, -0.1) is 24.8 Å². The van der Waals surface area contributed by atoms with E-state index in [1.54, 1.807) is 31.1 Å². The zero-order valence-electron chi connectivity index (χ0n) is 20.6.